The third-order valence-corrected chi connectivity index (χ3v) is 2.64. The average molecular weight is 289 g/mol. The van der Waals surface area contributed by atoms with E-state index in [2.05, 4.69) is 36.7 Å². The third kappa shape index (κ3) is 2.10. The van der Waals surface area contributed by atoms with Crippen LogP contribution in [0.4, 0.5) is 5.69 Å². The molecule has 2 aromatic rings. The Morgan fingerprint density at radius 3 is 2.88 bits per heavy atom. The van der Waals surface area contributed by atoms with Crippen molar-refractivity contribution in [3.63, 3.8) is 0 Å². The predicted molar refractivity (Wildman–Crippen MR) is 66.1 cm³/mol. The molecule has 0 saturated carbocycles. The summed E-state index contributed by atoms with van der Waals surface area (Å²) >= 11 is 3.32. The molecule has 7 heteroatoms. The van der Waals surface area contributed by atoms with Gasteiger partial charge in [0.2, 0.25) is 5.71 Å². The summed E-state index contributed by atoms with van der Waals surface area (Å²) in [4.78, 5) is 0. The van der Waals surface area contributed by atoms with E-state index in [1.54, 1.807) is 18.2 Å². The van der Waals surface area contributed by atoms with Crippen LogP contribution in [0, 0.1) is 22.7 Å². The molecule has 0 radical (unpaired) electrons. The Hall–Kier alpha value is -2.38. The Bertz CT molecular complexity index is 656. The normalized spacial score (nSPS) is 9.35. The summed E-state index contributed by atoms with van der Waals surface area (Å²) in [6, 6.07) is 8.78. The molecule has 2 rings (SSSR count). The van der Waals surface area contributed by atoms with Crippen molar-refractivity contribution in [2.24, 2.45) is 5.10 Å². The van der Waals surface area contributed by atoms with Gasteiger partial charge in [0.05, 0.1) is 5.69 Å². The summed E-state index contributed by atoms with van der Waals surface area (Å²) in [5.41, 5.74) is 3.70. The molecule has 17 heavy (non-hydrogen) atoms. The predicted octanol–water partition coefficient (Wildman–Crippen LogP) is 2.14. The number of hydrazone groups is 1. The first-order chi connectivity index (χ1) is 8.26. The van der Waals surface area contributed by atoms with Gasteiger partial charge in [-0.1, -0.05) is 6.07 Å². The molecule has 0 saturated heterocycles. The molecule has 0 spiro atoms. The summed E-state index contributed by atoms with van der Waals surface area (Å²) in [5, 5.41) is 28.5. The van der Waals surface area contributed by atoms with Gasteiger partial charge < -0.3 is 0 Å². The Labute approximate surface area is 105 Å². The zero-order valence-electron chi connectivity index (χ0n) is 8.40. The first-order valence-electron chi connectivity index (χ1n) is 4.52. The molecular formula is C10H5BrN6. The maximum atomic E-state index is 8.55. The van der Waals surface area contributed by atoms with Crippen LogP contribution in [0.2, 0.25) is 0 Å². The van der Waals surface area contributed by atoms with Gasteiger partial charge in [-0.2, -0.15) is 20.7 Å². The summed E-state index contributed by atoms with van der Waals surface area (Å²) in [6.45, 7) is 0. The number of hydrogen-bond donors (Lipinski definition) is 2. The van der Waals surface area contributed by atoms with Crippen LogP contribution < -0.4 is 5.43 Å². The molecule has 0 atom stereocenters. The van der Waals surface area contributed by atoms with Crippen molar-refractivity contribution in [2.75, 3.05) is 5.43 Å². The molecule has 0 aliphatic rings. The van der Waals surface area contributed by atoms with E-state index in [0.717, 1.165) is 9.99 Å². The Morgan fingerprint density at radius 1 is 1.41 bits per heavy atom. The highest BCUT2D eigenvalue weighted by atomic mass is 79.9. The van der Waals surface area contributed by atoms with Gasteiger partial charge in [-0.15, -0.1) is 0 Å². The molecule has 0 bridgehead atoms. The highest BCUT2D eigenvalue weighted by Crippen LogP contribution is 2.26. The van der Waals surface area contributed by atoms with E-state index in [9.17, 15) is 0 Å². The fourth-order valence-corrected chi connectivity index (χ4v) is 1.70. The molecule has 0 unspecified atom stereocenters. The lowest BCUT2D eigenvalue weighted by Gasteiger charge is -1.99. The zero-order chi connectivity index (χ0) is 12.3. The van der Waals surface area contributed by atoms with Gasteiger partial charge in [0.15, 0.2) is 0 Å². The largest absolute Gasteiger partial charge is 0.274 e. The van der Waals surface area contributed by atoms with Gasteiger partial charge in [-0.05, 0) is 28.1 Å². The zero-order valence-corrected chi connectivity index (χ0v) is 9.98. The first kappa shape index (κ1) is 11.1. The monoisotopic (exact) mass is 288 g/mol. The Balaban J connectivity index is 2.41. The summed E-state index contributed by atoms with van der Waals surface area (Å²) < 4.78 is 0.765. The van der Waals surface area contributed by atoms with Crippen molar-refractivity contribution >= 4 is 38.2 Å². The number of aromatic nitrogens is 2. The number of halogens is 1. The van der Waals surface area contributed by atoms with Crippen molar-refractivity contribution in [3.05, 3.63) is 22.8 Å². The van der Waals surface area contributed by atoms with Gasteiger partial charge >= 0.3 is 0 Å². The lowest BCUT2D eigenvalue weighted by molar-refractivity contribution is 1.09. The van der Waals surface area contributed by atoms with E-state index >= 15 is 0 Å². The molecule has 6 nitrogen and oxygen atoms in total. The first-order valence-corrected chi connectivity index (χ1v) is 5.32. The van der Waals surface area contributed by atoms with Gasteiger partial charge in [-0.25, -0.2) is 0 Å². The van der Waals surface area contributed by atoms with Crippen LogP contribution in [0.1, 0.15) is 0 Å². The minimum Gasteiger partial charge on any atom is -0.274 e. The standard InChI is InChI=1S/C10H5BrN6/c11-10-7-2-1-3-8(9(7)16-17-10)15-14-6(4-12)5-13/h1-3,15H,(H,16,17). The number of H-pyrrole nitrogens is 1. The van der Waals surface area contributed by atoms with Gasteiger partial charge in [0.25, 0.3) is 0 Å². The van der Waals surface area contributed by atoms with E-state index in [1.807, 2.05) is 12.1 Å². The number of nitrogens with one attached hydrogen (secondary N) is 2. The van der Waals surface area contributed by atoms with Crippen LogP contribution in [0.5, 0.6) is 0 Å². The Morgan fingerprint density at radius 2 is 2.18 bits per heavy atom. The molecule has 2 N–H and O–H groups in total. The van der Waals surface area contributed by atoms with Crippen LogP contribution in [0.15, 0.2) is 27.9 Å². The molecule has 0 aliphatic heterocycles. The SMILES string of the molecule is N#CC(C#N)=NNc1cccc2c(Br)[nH]nc12. The van der Waals surface area contributed by atoms with Crippen molar-refractivity contribution < 1.29 is 0 Å². The second-order valence-electron chi connectivity index (χ2n) is 3.04. The topological polar surface area (TPSA) is 101 Å². The molecule has 0 aliphatic carbocycles. The number of anilines is 1. The highest BCUT2D eigenvalue weighted by Gasteiger charge is 2.06. The quantitative estimate of drug-likeness (QED) is 0.653. The smallest absolute Gasteiger partial charge is 0.237 e. The number of fused-ring (bicyclic) bond motifs is 1. The van der Waals surface area contributed by atoms with E-state index < -0.39 is 0 Å². The molecule has 82 valence electrons. The van der Waals surface area contributed by atoms with Crippen LogP contribution in [-0.2, 0) is 0 Å². The summed E-state index contributed by atoms with van der Waals surface area (Å²) in [6.07, 6.45) is 0. The maximum Gasteiger partial charge on any atom is 0.237 e. The average Bonchev–Trinajstić information content (AvgIpc) is 2.73. The van der Waals surface area contributed by atoms with E-state index in [-0.39, 0.29) is 5.71 Å². The third-order valence-electron chi connectivity index (χ3n) is 2.04. The second-order valence-corrected chi connectivity index (χ2v) is 3.83. The van der Waals surface area contributed by atoms with Crippen molar-refractivity contribution in [3.8, 4) is 12.1 Å². The molecular weight excluding hydrogens is 284 g/mol. The van der Waals surface area contributed by atoms with Gasteiger partial charge in [0.1, 0.15) is 22.3 Å². The number of nitriles is 2. The van der Waals surface area contributed by atoms with Crippen LogP contribution in [-0.4, -0.2) is 15.9 Å². The number of hydrogen-bond acceptors (Lipinski definition) is 5. The fourth-order valence-electron chi connectivity index (χ4n) is 1.29. The molecule has 0 fully saturated rings. The Kier molecular flexibility index (Phi) is 3.03. The van der Waals surface area contributed by atoms with Crippen LogP contribution >= 0.6 is 15.9 Å². The molecule has 0 amide bonds. The van der Waals surface area contributed by atoms with E-state index in [0.29, 0.717) is 11.2 Å². The molecule has 1 aromatic carbocycles. The summed E-state index contributed by atoms with van der Waals surface area (Å²) in [5.74, 6) is 0. The molecule has 1 heterocycles. The number of benzene rings is 1. The van der Waals surface area contributed by atoms with E-state index in [1.165, 1.54) is 0 Å². The van der Waals surface area contributed by atoms with Gasteiger partial charge in [0, 0.05) is 5.39 Å². The van der Waals surface area contributed by atoms with Crippen LogP contribution in [0.3, 0.4) is 0 Å². The van der Waals surface area contributed by atoms with Crippen molar-refractivity contribution in [1.29, 1.82) is 10.5 Å². The molecule has 1 aromatic heterocycles. The lowest BCUT2D eigenvalue weighted by Crippen LogP contribution is -1.96. The fraction of sp³-hybridized carbons (Fsp3) is 0. The van der Waals surface area contributed by atoms with Gasteiger partial charge in [-0.3, -0.25) is 10.5 Å². The summed E-state index contributed by atoms with van der Waals surface area (Å²) in [7, 11) is 0. The maximum absolute atomic E-state index is 8.55. The highest BCUT2D eigenvalue weighted by molar-refractivity contribution is 9.10. The van der Waals surface area contributed by atoms with Crippen molar-refractivity contribution in [1.82, 2.24) is 10.2 Å². The number of rotatable bonds is 2. The minimum atomic E-state index is -0.239. The number of nitrogens with zero attached hydrogens (tertiary/aromatic N) is 4. The van der Waals surface area contributed by atoms with E-state index in [4.69, 9.17) is 10.5 Å². The number of para-hydroxylation sites is 1. The number of aromatic amines is 1. The van der Waals surface area contributed by atoms with Crippen molar-refractivity contribution in [2.45, 2.75) is 0 Å². The van der Waals surface area contributed by atoms with Crippen LogP contribution in [0.25, 0.3) is 10.9 Å². The minimum absolute atomic E-state index is 0.239. The second kappa shape index (κ2) is 4.64. The lowest BCUT2D eigenvalue weighted by atomic mass is 10.2.